The first kappa shape index (κ1) is 21.6. The lowest BCUT2D eigenvalue weighted by atomic mass is 10.2. The number of amides is 2. The number of nitrogens with one attached hydrogen (secondary N) is 1. The normalized spacial score (nSPS) is 16.9. The third-order valence-electron chi connectivity index (χ3n) is 5.94. The molecule has 0 unspecified atom stereocenters. The molecule has 31 heavy (non-hydrogen) atoms. The van der Waals surface area contributed by atoms with Gasteiger partial charge in [-0.25, -0.2) is 4.68 Å². The van der Waals surface area contributed by atoms with Gasteiger partial charge in [0, 0.05) is 64.9 Å². The van der Waals surface area contributed by atoms with E-state index in [4.69, 9.17) is 4.74 Å². The van der Waals surface area contributed by atoms with Crippen molar-refractivity contribution in [3.63, 3.8) is 0 Å². The summed E-state index contributed by atoms with van der Waals surface area (Å²) in [6.07, 6.45) is 4.18. The Morgan fingerprint density at radius 3 is 2.77 bits per heavy atom. The molecule has 2 aromatic rings. The molecule has 0 aliphatic carbocycles. The van der Waals surface area contributed by atoms with Crippen molar-refractivity contribution in [2.45, 2.75) is 32.2 Å². The van der Waals surface area contributed by atoms with Crippen molar-refractivity contribution in [3.05, 3.63) is 24.4 Å². The molecule has 9 heteroatoms. The summed E-state index contributed by atoms with van der Waals surface area (Å²) in [6, 6.07) is 5.97. The van der Waals surface area contributed by atoms with Crippen LogP contribution in [0.25, 0.3) is 11.4 Å². The van der Waals surface area contributed by atoms with E-state index in [2.05, 4.69) is 15.3 Å². The summed E-state index contributed by atoms with van der Waals surface area (Å²) in [4.78, 5) is 29.2. The molecule has 1 fully saturated rings. The Morgan fingerprint density at radius 2 is 2.00 bits per heavy atom. The van der Waals surface area contributed by atoms with Crippen molar-refractivity contribution < 1.29 is 14.3 Å². The van der Waals surface area contributed by atoms with Crippen molar-refractivity contribution in [3.8, 4) is 11.4 Å². The summed E-state index contributed by atoms with van der Waals surface area (Å²) in [6.45, 7) is 6.56. The molecule has 2 amide bonds. The van der Waals surface area contributed by atoms with Crippen molar-refractivity contribution in [2.75, 3.05) is 50.8 Å². The molecule has 4 heterocycles. The number of anilines is 1. The van der Waals surface area contributed by atoms with E-state index in [1.165, 1.54) is 0 Å². The lowest BCUT2D eigenvalue weighted by Gasteiger charge is -2.27. The maximum absolute atomic E-state index is 12.8. The number of fused-ring (bicyclic) bond motifs is 1. The van der Waals surface area contributed by atoms with Crippen LogP contribution in [0.4, 0.5) is 5.82 Å². The van der Waals surface area contributed by atoms with E-state index in [1.54, 1.807) is 4.90 Å². The zero-order chi connectivity index (χ0) is 21.6. The summed E-state index contributed by atoms with van der Waals surface area (Å²) in [5.41, 5.74) is 1.88. The first-order valence-electron chi connectivity index (χ1n) is 11.2. The summed E-state index contributed by atoms with van der Waals surface area (Å²) in [7, 11) is 1.98. The number of aryl methyl sites for hydroxylation is 2. The average Bonchev–Trinajstić information content (AvgIpc) is 3.41. The quantitative estimate of drug-likeness (QED) is 0.640. The monoisotopic (exact) mass is 428 g/mol. The molecule has 2 aromatic heterocycles. The van der Waals surface area contributed by atoms with Gasteiger partial charge < -0.3 is 14.6 Å². The van der Waals surface area contributed by atoms with Gasteiger partial charge in [-0.15, -0.1) is 0 Å². The van der Waals surface area contributed by atoms with E-state index in [0.717, 1.165) is 69.4 Å². The maximum Gasteiger partial charge on any atom is 0.228 e. The van der Waals surface area contributed by atoms with Gasteiger partial charge in [0.25, 0.3) is 0 Å². The predicted molar refractivity (Wildman–Crippen MR) is 118 cm³/mol. The van der Waals surface area contributed by atoms with Crippen molar-refractivity contribution in [2.24, 2.45) is 7.05 Å². The first-order chi connectivity index (χ1) is 15.1. The molecule has 2 aliphatic heterocycles. The standard InChI is InChI=1S/C22H32N6O3/c1-25-9-2-5-19(25)18-17-21-27(11-4-12-28(21)24-18)22(30)7-6-20(29)23-8-3-10-26-13-15-31-16-14-26/h2,5,9,17H,3-4,6-8,10-16H2,1H3,(H,23,29). The third kappa shape index (κ3) is 5.34. The first-order valence-corrected chi connectivity index (χ1v) is 11.2. The number of morpholine rings is 1. The fourth-order valence-corrected chi connectivity index (χ4v) is 4.19. The highest BCUT2D eigenvalue weighted by Gasteiger charge is 2.25. The van der Waals surface area contributed by atoms with Crippen molar-refractivity contribution in [1.82, 2.24) is 24.6 Å². The van der Waals surface area contributed by atoms with E-state index >= 15 is 0 Å². The van der Waals surface area contributed by atoms with E-state index < -0.39 is 0 Å². The zero-order valence-electron chi connectivity index (χ0n) is 18.3. The molecule has 4 rings (SSSR count). The smallest absolute Gasteiger partial charge is 0.228 e. The Balaban J connectivity index is 1.24. The minimum absolute atomic E-state index is 0.0252. The fraction of sp³-hybridized carbons (Fsp3) is 0.591. The molecule has 1 saturated heterocycles. The van der Waals surface area contributed by atoms with E-state index in [0.29, 0.717) is 13.1 Å². The second-order valence-corrected chi connectivity index (χ2v) is 8.17. The molecule has 0 atom stereocenters. The number of aromatic nitrogens is 3. The number of nitrogens with zero attached hydrogens (tertiary/aromatic N) is 5. The number of carbonyl (C=O) groups is 2. The van der Waals surface area contributed by atoms with Crippen LogP contribution in [0, 0.1) is 0 Å². The van der Waals surface area contributed by atoms with E-state index in [9.17, 15) is 9.59 Å². The molecule has 0 bridgehead atoms. The van der Waals surface area contributed by atoms with Crippen molar-refractivity contribution >= 4 is 17.6 Å². The van der Waals surface area contributed by atoms with Crippen LogP contribution >= 0.6 is 0 Å². The Hall–Kier alpha value is -2.65. The molecule has 0 spiro atoms. The van der Waals surface area contributed by atoms with E-state index in [1.807, 2.05) is 40.7 Å². The zero-order valence-corrected chi connectivity index (χ0v) is 18.3. The van der Waals surface area contributed by atoms with Gasteiger partial charge in [-0.1, -0.05) is 0 Å². The van der Waals surface area contributed by atoms with Crippen LogP contribution in [0.15, 0.2) is 24.4 Å². The van der Waals surface area contributed by atoms with Crippen LogP contribution in [0.3, 0.4) is 0 Å². The summed E-state index contributed by atoms with van der Waals surface area (Å²) >= 11 is 0. The van der Waals surface area contributed by atoms with Gasteiger partial charge in [0.05, 0.1) is 18.9 Å². The molecule has 0 aromatic carbocycles. The van der Waals surface area contributed by atoms with Crippen LogP contribution in [-0.4, -0.2) is 77.0 Å². The number of rotatable bonds is 8. The van der Waals surface area contributed by atoms with Gasteiger partial charge in [-0.2, -0.15) is 5.10 Å². The van der Waals surface area contributed by atoms with Gasteiger partial charge in [0.1, 0.15) is 11.5 Å². The third-order valence-corrected chi connectivity index (χ3v) is 5.94. The molecule has 2 aliphatic rings. The molecule has 168 valence electrons. The van der Waals surface area contributed by atoms with Gasteiger partial charge in [0.15, 0.2) is 0 Å². The fourth-order valence-electron chi connectivity index (χ4n) is 4.19. The molecular formula is C22H32N6O3. The lowest BCUT2D eigenvalue weighted by Crippen LogP contribution is -2.39. The van der Waals surface area contributed by atoms with Crippen LogP contribution in [0.5, 0.6) is 0 Å². The van der Waals surface area contributed by atoms with E-state index in [-0.39, 0.29) is 24.7 Å². The average molecular weight is 429 g/mol. The van der Waals surface area contributed by atoms with Crippen LogP contribution in [0.1, 0.15) is 25.7 Å². The summed E-state index contributed by atoms with van der Waals surface area (Å²) < 4.78 is 9.26. The summed E-state index contributed by atoms with van der Waals surface area (Å²) in [5, 5.41) is 7.62. The van der Waals surface area contributed by atoms with Crippen LogP contribution in [-0.2, 0) is 27.9 Å². The Labute approximate surface area is 182 Å². The topological polar surface area (TPSA) is 84.6 Å². The number of carbonyl (C=O) groups excluding carboxylic acids is 2. The number of hydrogen-bond acceptors (Lipinski definition) is 5. The highest BCUT2D eigenvalue weighted by molar-refractivity contribution is 5.95. The maximum atomic E-state index is 12.8. The van der Waals surface area contributed by atoms with Gasteiger partial charge in [-0.05, 0) is 31.5 Å². The highest BCUT2D eigenvalue weighted by atomic mass is 16.5. The molecule has 0 radical (unpaired) electrons. The molecule has 9 nitrogen and oxygen atoms in total. The van der Waals surface area contributed by atoms with Crippen LogP contribution < -0.4 is 10.2 Å². The lowest BCUT2D eigenvalue weighted by molar-refractivity contribution is -0.125. The predicted octanol–water partition coefficient (Wildman–Crippen LogP) is 1.24. The minimum atomic E-state index is -0.0645. The van der Waals surface area contributed by atoms with Crippen LogP contribution in [0.2, 0.25) is 0 Å². The molecular weight excluding hydrogens is 396 g/mol. The Morgan fingerprint density at radius 1 is 1.16 bits per heavy atom. The minimum Gasteiger partial charge on any atom is -0.379 e. The second-order valence-electron chi connectivity index (χ2n) is 8.17. The molecule has 1 N–H and O–H groups in total. The van der Waals surface area contributed by atoms with Gasteiger partial charge in [0.2, 0.25) is 11.8 Å². The highest BCUT2D eigenvalue weighted by Crippen LogP contribution is 2.28. The Kier molecular flexibility index (Phi) is 7.03. The number of hydrogen-bond donors (Lipinski definition) is 1. The number of ether oxygens (including phenoxy) is 1. The second kappa shape index (κ2) is 10.1. The van der Waals surface area contributed by atoms with Gasteiger partial charge >= 0.3 is 0 Å². The molecule has 0 saturated carbocycles. The van der Waals surface area contributed by atoms with Crippen molar-refractivity contribution in [1.29, 1.82) is 0 Å². The van der Waals surface area contributed by atoms with Gasteiger partial charge in [-0.3, -0.25) is 19.4 Å². The largest absolute Gasteiger partial charge is 0.379 e. The summed E-state index contributed by atoms with van der Waals surface area (Å²) in [5.74, 6) is 0.728. The SMILES string of the molecule is Cn1cccc1-c1cc2n(n1)CCCN2C(=O)CCC(=O)NCCCN1CCOCC1. The Bertz CT molecular complexity index is 899.